The molecule has 1 aromatic rings. The molecule has 0 aliphatic heterocycles. The molecule has 0 aromatic heterocycles. The molecule has 0 atom stereocenters. The fraction of sp³-hybridized carbons (Fsp3) is 0.429. The Balaban J connectivity index is 3.15. The average Bonchev–Trinajstić information content (AvgIpc) is 2.32. The Morgan fingerprint density at radius 2 is 1.95 bits per heavy atom. The summed E-state index contributed by atoms with van der Waals surface area (Å²) in [6.07, 6.45) is 0. The van der Waals surface area contributed by atoms with Gasteiger partial charge >= 0.3 is 5.97 Å². The maximum Gasteiger partial charge on any atom is 0.329 e. The standard InChI is InChI=1S/C14H18ClNO3/c1-5-16(14(3,4)13(18)19)12(17)10-7-6-9(2)11(15)8-10/h6-8H,5H2,1-4H3,(H,18,19). The maximum absolute atomic E-state index is 12.4. The molecule has 0 saturated heterocycles. The van der Waals surface area contributed by atoms with Crippen molar-refractivity contribution >= 4 is 23.5 Å². The van der Waals surface area contributed by atoms with Crippen molar-refractivity contribution in [3.63, 3.8) is 0 Å². The number of benzene rings is 1. The van der Waals surface area contributed by atoms with Crippen molar-refractivity contribution in [1.29, 1.82) is 0 Å². The number of carbonyl (C=O) groups excluding carboxylic acids is 1. The van der Waals surface area contributed by atoms with Gasteiger partial charge in [0, 0.05) is 17.1 Å². The number of aliphatic carboxylic acids is 1. The van der Waals surface area contributed by atoms with Gasteiger partial charge in [-0.3, -0.25) is 4.79 Å². The summed E-state index contributed by atoms with van der Waals surface area (Å²) in [5, 5.41) is 9.71. The van der Waals surface area contributed by atoms with E-state index in [1.807, 2.05) is 6.92 Å². The molecule has 1 aromatic carbocycles. The molecule has 0 unspecified atom stereocenters. The summed E-state index contributed by atoms with van der Waals surface area (Å²) < 4.78 is 0. The summed E-state index contributed by atoms with van der Waals surface area (Å²) in [6.45, 7) is 6.91. The molecule has 0 fully saturated rings. The highest BCUT2D eigenvalue weighted by molar-refractivity contribution is 6.31. The fourth-order valence-corrected chi connectivity index (χ4v) is 1.97. The zero-order valence-electron chi connectivity index (χ0n) is 11.5. The highest BCUT2D eigenvalue weighted by atomic mass is 35.5. The number of likely N-dealkylation sites (N-methyl/N-ethyl adjacent to an activating group) is 1. The van der Waals surface area contributed by atoms with Crippen LogP contribution in [0.2, 0.25) is 5.02 Å². The molecule has 0 aliphatic rings. The van der Waals surface area contributed by atoms with E-state index in [0.29, 0.717) is 17.1 Å². The highest BCUT2D eigenvalue weighted by Gasteiger charge is 2.37. The first kappa shape index (κ1) is 15.5. The summed E-state index contributed by atoms with van der Waals surface area (Å²) in [4.78, 5) is 25.0. The van der Waals surface area contributed by atoms with Crippen LogP contribution in [0.1, 0.15) is 36.7 Å². The van der Waals surface area contributed by atoms with E-state index < -0.39 is 11.5 Å². The van der Waals surface area contributed by atoms with Gasteiger partial charge in [0.05, 0.1) is 0 Å². The van der Waals surface area contributed by atoms with Gasteiger partial charge < -0.3 is 10.0 Å². The Hall–Kier alpha value is -1.55. The number of carboxylic acids is 1. The largest absolute Gasteiger partial charge is 0.480 e. The molecule has 1 amide bonds. The molecule has 104 valence electrons. The van der Waals surface area contributed by atoms with Crippen LogP contribution in [0.5, 0.6) is 0 Å². The minimum absolute atomic E-state index is 0.309. The number of carbonyl (C=O) groups is 2. The molecule has 0 saturated carbocycles. The smallest absolute Gasteiger partial charge is 0.329 e. The molecule has 0 heterocycles. The molecule has 1 N–H and O–H groups in total. The van der Waals surface area contributed by atoms with Crippen LogP contribution in [0.4, 0.5) is 0 Å². The van der Waals surface area contributed by atoms with Crippen LogP contribution in [0.15, 0.2) is 18.2 Å². The summed E-state index contributed by atoms with van der Waals surface area (Å²) >= 11 is 6.00. The first-order valence-corrected chi connectivity index (χ1v) is 6.41. The summed E-state index contributed by atoms with van der Waals surface area (Å²) in [7, 11) is 0. The minimum atomic E-state index is -1.26. The zero-order valence-corrected chi connectivity index (χ0v) is 12.3. The molecule has 0 bridgehead atoms. The van der Waals surface area contributed by atoms with Crippen LogP contribution in [-0.2, 0) is 4.79 Å². The quantitative estimate of drug-likeness (QED) is 0.924. The Morgan fingerprint density at radius 1 is 1.37 bits per heavy atom. The van der Waals surface area contributed by atoms with Crippen LogP contribution < -0.4 is 0 Å². The van der Waals surface area contributed by atoms with Gasteiger partial charge in [0.25, 0.3) is 5.91 Å². The molecule has 1 rings (SSSR count). The number of nitrogens with zero attached hydrogens (tertiary/aromatic N) is 1. The zero-order chi connectivity index (χ0) is 14.8. The molecule has 0 aliphatic carbocycles. The van der Waals surface area contributed by atoms with Gasteiger partial charge in [-0.1, -0.05) is 17.7 Å². The topological polar surface area (TPSA) is 57.6 Å². The maximum atomic E-state index is 12.4. The Kier molecular flexibility index (Phi) is 4.58. The highest BCUT2D eigenvalue weighted by Crippen LogP contribution is 2.22. The first-order valence-electron chi connectivity index (χ1n) is 6.03. The number of aryl methyl sites for hydroxylation is 1. The SMILES string of the molecule is CCN(C(=O)c1ccc(C)c(Cl)c1)C(C)(C)C(=O)O. The minimum Gasteiger partial charge on any atom is -0.480 e. The second-order valence-electron chi connectivity index (χ2n) is 4.88. The van der Waals surface area contributed by atoms with Gasteiger partial charge in [0.1, 0.15) is 5.54 Å². The number of rotatable bonds is 4. The molecule has 0 radical (unpaired) electrons. The third-order valence-corrected chi connectivity index (χ3v) is 3.59. The van der Waals surface area contributed by atoms with Gasteiger partial charge in [-0.2, -0.15) is 0 Å². The van der Waals surface area contributed by atoms with Crippen LogP contribution in [0.3, 0.4) is 0 Å². The van der Waals surface area contributed by atoms with E-state index in [1.54, 1.807) is 25.1 Å². The second-order valence-corrected chi connectivity index (χ2v) is 5.28. The lowest BCUT2D eigenvalue weighted by atomic mass is 10.0. The van der Waals surface area contributed by atoms with Crippen molar-refractivity contribution in [3.8, 4) is 0 Å². The van der Waals surface area contributed by atoms with Gasteiger partial charge in [0.2, 0.25) is 0 Å². The van der Waals surface area contributed by atoms with Crippen molar-refractivity contribution in [1.82, 2.24) is 4.90 Å². The number of carboxylic acid groups (broad SMARTS) is 1. The van der Waals surface area contributed by atoms with Gasteiger partial charge in [0.15, 0.2) is 0 Å². The second kappa shape index (κ2) is 5.61. The van der Waals surface area contributed by atoms with E-state index in [1.165, 1.54) is 18.7 Å². The van der Waals surface area contributed by atoms with Gasteiger partial charge in [-0.15, -0.1) is 0 Å². The van der Waals surface area contributed by atoms with E-state index >= 15 is 0 Å². The number of halogens is 1. The summed E-state index contributed by atoms with van der Waals surface area (Å²) in [5.41, 5.74) is 0.00830. The third-order valence-electron chi connectivity index (χ3n) is 3.18. The van der Waals surface area contributed by atoms with Crippen molar-refractivity contribution < 1.29 is 14.7 Å². The first-order chi connectivity index (χ1) is 8.71. The molecular formula is C14H18ClNO3. The van der Waals surface area contributed by atoms with Gasteiger partial charge in [-0.25, -0.2) is 4.79 Å². The van der Waals surface area contributed by atoms with E-state index in [4.69, 9.17) is 11.6 Å². The third kappa shape index (κ3) is 3.07. The van der Waals surface area contributed by atoms with Crippen LogP contribution in [0.25, 0.3) is 0 Å². The molecule has 19 heavy (non-hydrogen) atoms. The van der Waals surface area contributed by atoms with Crippen molar-refractivity contribution in [2.45, 2.75) is 33.2 Å². The average molecular weight is 284 g/mol. The predicted octanol–water partition coefficient (Wildman–Crippen LogP) is 2.97. The monoisotopic (exact) mass is 283 g/mol. The normalized spacial score (nSPS) is 11.2. The van der Waals surface area contributed by atoms with E-state index in [-0.39, 0.29) is 5.91 Å². The van der Waals surface area contributed by atoms with Crippen molar-refractivity contribution in [3.05, 3.63) is 34.3 Å². The van der Waals surface area contributed by atoms with E-state index in [2.05, 4.69) is 0 Å². The van der Waals surface area contributed by atoms with Crippen molar-refractivity contribution in [2.75, 3.05) is 6.54 Å². The lowest BCUT2D eigenvalue weighted by Gasteiger charge is -2.34. The summed E-state index contributed by atoms with van der Waals surface area (Å²) in [6, 6.07) is 4.97. The Morgan fingerprint density at radius 3 is 2.37 bits per heavy atom. The van der Waals surface area contributed by atoms with E-state index in [9.17, 15) is 14.7 Å². The number of hydrogen-bond acceptors (Lipinski definition) is 2. The van der Waals surface area contributed by atoms with Crippen LogP contribution in [-0.4, -0.2) is 34.0 Å². The van der Waals surface area contributed by atoms with Crippen LogP contribution >= 0.6 is 11.6 Å². The lowest BCUT2D eigenvalue weighted by Crippen LogP contribution is -2.52. The van der Waals surface area contributed by atoms with E-state index in [0.717, 1.165) is 5.56 Å². The lowest BCUT2D eigenvalue weighted by molar-refractivity contribution is -0.147. The predicted molar refractivity (Wildman–Crippen MR) is 74.6 cm³/mol. The van der Waals surface area contributed by atoms with Gasteiger partial charge in [-0.05, 0) is 45.4 Å². The van der Waals surface area contributed by atoms with Crippen molar-refractivity contribution in [2.24, 2.45) is 0 Å². The number of hydrogen-bond donors (Lipinski definition) is 1. The Labute approximate surface area is 118 Å². The molecule has 4 nitrogen and oxygen atoms in total. The molecular weight excluding hydrogens is 266 g/mol. The Bertz CT molecular complexity index is 511. The molecule has 0 spiro atoms. The summed E-state index contributed by atoms with van der Waals surface area (Å²) in [5.74, 6) is -1.38. The van der Waals surface area contributed by atoms with Crippen LogP contribution in [0, 0.1) is 6.92 Å². The number of amides is 1. The fourth-order valence-electron chi connectivity index (χ4n) is 1.79. The molecule has 5 heteroatoms.